The largest absolute Gasteiger partial charge is 0.462 e. The second kappa shape index (κ2) is 6.02. The summed E-state index contributed by atoms with van der Waals surface area (Å²) < 4.78 is 18.4. The van der Waals surface area contributed by atoms with Gasteiger partial charge in [0.1, 0.15) is 5.82 Å². The van der Waals surface area contributed by atoms with E-state index >= 15 is 0 Å². The van der Waals surface area contributed by atoms with Gasteiger partial charge < -0.3 is 4.74 Å². The maximum absolute atomic E-state index is 13.4. The number of rotatable bonds is 4. The van der Waals surface area contributed by atoms with Crippen LogP contribution in [0, 0.1) is 5.82 Å². The highest BCUT2D eigenvalue weighted by Gasteiger charge is 2.13. The maximum Gasteiger partial charge on any atom is 0.341 e. The first-order valence-electron chi connectivity index (χ1n) is 5.35. The van der Waals surface area contributed by atoms with Gasteiger partial charge in [0, 0.05) is 16.2 Å². The van der Waals surface area contributed by atoms with Crippen molar-refractivity contribution in [2.24, 2.45) is 0 Å². The number of halogens is 1. The molecule has 2 nitrogen and oxygen atoms in total. The molecule has 0 fully saturated rings. The van der Waals surface area contributed by atoms with E-state index in [0.717, 1.165) is 4.88 Å². The summed E-state index contributed by atoms with van der Waals surface area (Å²) in [5.41, 5.74) is -0.0753. The molecule has 0 aliphatic carbocycles. The van der Waals surface area contributed by atoms with Crippen molar-refractivity contribution in [3.05, 3.63) is 52.0 Å². The fourth-order valence-electron chi connectivity index (χ4n) is 1.45. The highest BCUT2D eigenvalue weighted by molar-refractivity contribution is 7.80. The highest BCUT2D eigenvalue weighted by atomic mass is 32.1. The summed E-state index contributed by atoms with van der Waals surface area (Å²) in [7, 11) is 0. The predicted molar refractivity (Wildman–Crippen MR) is 72.0 cm³/mol. The molecule has 0 atom stereocenters. The van der Waals surface area contributed by atoms with Gasteiger partial charge in [0.15, 0.2) is 0 Å². The number of benzene rings is 1. The summed E-state index contributed by atoms with van der Waals surface area (Å²) in [4.78, 5) is 13.3. The highest BCUT2D eigenvalue weighted by Crippen LogP contribution is 2.15. The number of carbonyl (C=O) groups excluding carboxylic acids is 1. The molecule has 0 saturated heterocycles. The number of carbonyl (C=O) groups is 1. The first-order chi connectivity index (χ1) is 8.66. The molecule has 0 bridgehead atoms. The van der Waals surface area contributed by atoms with Crippen LogP contribution in [0.15, 0.2) is 40.6 Å². The van der Waals surface area contributed by atoms with Gasteiger partial charge in [-0.2, -0.15) is 0 Å². The summed E-state index contributed by atoms with van der Waals surface area (Å²) >= 11 is 5.66. The summed E-state index contributed by atoms with van der Waals surface area (Å²) in [5.74, 6) is -1.24. The lowest BCUT2D eigenvalue weighted by Gasteiger charge is -2.05. The van der Waals surface area contributed by atoms with Gasteiger partial charge in [-0.25, -0.2) is 9.18 Å². The molecular weight excluding hydrogens is 271 g/mol. The summed E-state index contributed by atoms with van der Waals surface area (Å²) in [6.45, 7) is 0.246. The Labute approximate surface area is 114 Å². The van der Waals surface area contributed by atoms with Crippen LogP contribution < -0.4 is 0 Å². The van der Waals surface area contributed by atoms with Crippen molar-refractivity contribution in [3.63, 3.8) is 0 Å². The van der Waals surface area contributed by atoms with E-state index in [1.807, 2.05) is 17.5 Å². The quantitative estimate of drug-likeness (QED) is 0.685. The Morgan fingerprint density at radius 1 is 1.39 bits per heavy atom. The number of hydrogen-bond donors (Lipinski definition) is 1. The van der Waals surface area contributed by atoms with Crippen molar-refractivity contribution >= 4 is 29.9 Å². The lowest BCUT2D eigenvalue weighted by Crippen LogP contribution is -2.09. The Morgan fingerprint density at radius 3 is 2.94 bits per heavy atom. The van der Waals surface area contributed by atoms with E-state index in [9.17, 15) is 9.18 Å². The van der Waals surface area contributed by atoms with E-state index in [1.165, 1.54) is 18.2 Å². The van der Waals surface area contributed by atoms with Crippen molar-refractivity contribution in [2.75, 3.05) is 6.61 Å². The van der Waals surface area contributed by atoms with Gasteiger partial charge in [-0.1, -0.05) is 6.07 Å². The molecule has 18 heavy (non-hydrogen) atoms. The molecule has 1 aromatic heterocycles. The number of thiophene rings is 1. The fraction of sp³-hybridized carbons (Fsp3) is 0.154. The topological polar surface area (TPSA) is 26.3 Å². The number of esters is 1. The molecule has 0 aliphatic heterocycles. The van der Waals surface area contributed by atoms with E-state index in [1.54, 1.807) is 11.3 Å². The molecular formula is C13H11FO2S2. The van der Waals surface area contributed by atoms with Crippen molar-refractivity contribution in [2.45, 2.75) is 11.3 Å². The van der Waals surface area contributed by atoms with Gasteiger partial charge in [-0.05, 0) is 29.6 Å². The average Bonchev–Trinajstić information content (AvgIpc) is 2.85. The zero-order valence-corrected chi connectivity index (χ0v) is 11.1. The van der Waals surface area contributed by atoms with Crippen molar-refractivity contribution in [1.82, 2.24) is 0 Å². The first kappa shape index (κ1) is 13.1. The van der Waals surface area contributed by atoms with E-state index < -0.39 is 11.8 Å². The third-order valence-corrected chi connectivity index (χ3v) is 3.55. The molecule has 0 amide bonds. The molecule has 0 aliphatic rings. The molecule has 0 saturated carbocycles. The van der Waals surface area contributed by atoms with Crippen LogP contribution in [0.25, 0.3) is 0 Å². The van der Waals surface area contributed by atoms with E-state index in [-0.39, 0.29) is 12.2 Å². The molecule has 1 aromatic carbocycles. The Hall–Kier alpha value is -1.33. The molecule has 0 unspecified atom stereocenters. The van der Waals surface area contributed by atoms with Crippen LogP contribution in [0.3, 0.4) is 0 Å². The Bertz CT molecular complexity index is 538. The Morgan fingerprint density at radius 2 is 2.22 bits per heavy atom. The zero-order valence-electron chi connectivity index (χ0n) is 9.43. The van der Waals surface area contributed by atoms with E-state index in [4.69, 9.17) is 4.74 Å². The van der Waals surface area contributed by atoms with Crippen molar-refractivity contribution < 1.29 is 13.9 Å². The van der Waals surface area contributed by atoms with Gasteiger partial charge in [-0.3, -0.25) is 0 Å². The lowest BCUT2D eigenvalue weighted by molar-refractivity contribution is 0.0504. The molecule has 2 rings (SSSR count). The second-order valence-corrected chi connectivity index (χ2v) is 5.18. The number of thiol groups is 1. The fourth-order valence-corrected chi connectivity index (χ4v) is 2.34. The standard InChI is InChI=1S/C13H11FO2S2/c14-12-4-3-9(17)8-11(12)13(15)16-6-5-10-2-1-7-18-10/h1-4,7-8,17H,5-6H2. The monoisotopic (exact) mass is 282 g/mol. The average molecular weight is 282 g/mol. The van der Waals surface area contributed by atoms with Gasteiger partial charge in [0.25, 0.3) is 0 Å². The SMILES string of the molecule is O=C(OCCc1cccs1)c1cc(S)ccc1F. The van der Waals surface area contributed by atoms with Crippen LogP contribution in [-0.4, -0.2) is 12.6 Å². The van der Waals surface area contributed by atoms with Gasteiger partial charge in [0.05, 0.1) is 12.2 Å². The van der Waals surface area contributed by atoms with E-state index in [2.05, 4.69) is 12.6 Å². The summed E-state index contributed by atoms with van der Waals surface area (Å²) in [5, 5.41) is 1.96. The van der Waals surface area contributed by atoms with E-state index in [0.29, 0.717) is 11.3 Å². The van der Waals surface area contributed by atoms with Crippen LogP contribution in [-0.2, 0) is 11.2 Å². The summed E-state index contributed by atoms with van der Waals surface area (Å²) in [6, 6.07) is 7.96. The van der Waals surface area contributed by atoms with Crippen LogP contribution >= 0.6 is 24.0 Å². The molecule has 0 radical (unpaired) electrons. The zero-order chi connectivity index (χ0) is 13.0. The predicted octanol–water partition coefficient (Wildman–Crippen LogP) is 3.58. The minimum atomic E-state index is -0.653. The number of ether oxygens (including phenoxy) is 1. The third-order valence-electron chi connectivity index (χ3n) is 2.33. The maximum atomic E-state index is 13.4. The minimum Gasteiger partial charge on any atom is -0.462 e. The van der Waals surface area contributed by atoms with Crippen LogP contribution in [0.4, 0.5) is 4.39 Å². The smallest absolute Gasteiger partial charge is 0.341 e. The number of hydrogen-bond acceptors (Lipinski definition) is 4. The van der Waals surface area contributed by atoms with Crippen LogP contribution in [0.2, 0.25) is 0 Å². The normalized spacial score (nSPS) is 10.3. The summed E-state index contributed by atoms with van der Waals surface area (Å²) in [6.07, 6.45) is 0.644. The minimum absolute atomic E-state index is 0.0753. The second-order valence-electron chi connectivity index (χ2n) is 3.63. The molecule has 0 N–H and O–H groups in total. The Balaban J connectivity index is 1.93. The Kier molecular flexibility index (Phi) is 4.38. The van der Waals surface area contributed by atoms with Crippen LogP contribution in [0.1, 0.15) is 15.2 Å². The lowest BCUT2D eigenvalue weighted by atomic mass is 10.2. The van der Waals surface area contributed by atoms with Crippen molar-refractivity contribution in [3.8, 4) is 0 Å². The molecule has 5 heteroatoms. The molecule has 0 spiro atoms. The van der Waals surface area contributed by atoms with Crippen LogP contribution in [0.5, 0.6) is 0 Å². The molecule has 1 heterocycles. The van der Waals surface area contributed by atoms with Crippen molar-refractivity contribution in [1.29, 1.82) is 0 Å². The first-order valence-corrected chi connectivity index (χ1v) is 6.67. The molecule has 2 aromatic rings. The molecule has 94 valence electrons. The van der Waals surface area contributed by atoms with Gasteiger partial charge in [0.2, 0.25) is 0 Å². The van der Waals surface area contributed by atoms with Gasteiger partial charge in [-0.15, -0.1) is 24.0 Å². The van der Waals surface area contributed by atoms with Gasteiger partial charge >= 0.3 is 5.97 Å². The third kappa shape index (κ3) is 3.34.